The predicted molar refractivity (Wildman–Crippen MR) is 151 cm³/mol. The van der Waals surface area contributed by atoms with Crippen LogP contribution in [0.3, 0.4) is 0 Å². The number of aromatic nitrogens is 2. The molecule has 36 heavy (non-hydrogen) atoms. The highest BCUT2D eigenvalue weighted by Crippen LogP contribution is 2.34. The normalized spacial score (nSPS) is 12.2. The highest BCUT2D eigenvalue weighted by molar-refractivity contribution is 9.10. The second kappa shape index (κ2) is 11.8. The first-order valence-corrected chi connectivity index (χ1v) is 13.4. The fraction of sp³-hybridized carbons (Fsp3) is 0.250. The summed E-state index contributed by atoms with van der Waals surface area (Å²) in [7, 11) is 0. The maximum atomic E-state index is 13.4. The highest BCUT2D eigenvalue weighted by Gasteiger charge is 2.16. The van der Waals surface area contributed by atoms with Crippen molar-refractivity contribution in [2.45, 2.75) is 39.7 Å². The second-order valence-electron chi connectivity index (χ2n) is 8.33. The van der Waals surface area contributed by atoms with Crippen LogP contribution in [0.2, 0.25) is 0 Å². The molecular formula is C28H27Br2N3O3. The lowest BCUT2D eigenvalue weighted by Gasteiger charge is -2.15. The molecule has 0 N–H and O–H groups in total. The minimum atomic E-state index is -0.211. The largest absolute Gasteiger partial charge is 0.490 e. The second-order valence-corrected chi connectivity index (χ2v) is 10.1. The molecule has 1 atom stereocenters. The standard InChI is InChI=1S/C28H27Br2N3O3/c1-4-18(3)27-32-24-12-11-21(29)14-22(24)28(34)33(27)31-16-20-13-25(35-5-2)26(15-23(20)30)36-17-19-9-7-6-8-10-19/h6-16,18H,4-5,17H2,1-3H3/t18-/m1/s1. The molecule has 0 amide bonds. The number of fused-ring (bicyclic) bond motifs is 1. The Morgan fingerprint density at radius 3 is 2.50 bits per heavy atom. The Hall–Kier alpha value is -2.97. The number of nitrogens with zero attached hydrogens (tertiary/aromatic N) is 3. The Balaban J connectivity index is 1.73. The lowest BCUT2D eigenvalue weighted by molar-refractivity contribution is 0.269. The molecule has 1 heterocycles. The van der Waals surface area contributed by atoms with Crippen LogP contribution in [0.1, 0.15) is 50.1 Å². The fourth-order valence-electron chi connectivity index (χ4n) is 3.67. The summed E-state index contributed by atoms with van der Waals surface area (Å²) in [5.41, 5.74) is 2.26. The van der Waals surface area contributed by atoms with E-state index in [1.807, 2.05) is 68.4 Å². The van der Waals surface area contributed by atoms with Crippen LogP contribution in [-0.2, 0) is 6.61 Å². The molecule has 0 aliphatic carbocycles. The van der Waals surface area contributed by atoms with Gasteiger partial charge >= 0.3 is 0 Å². The molecule has 4 rings (SSSR count). The Kier molecular flexibility index (Phi) is 8.59. The van der Waals surface area contributed by atoms with Gasteiger partial charge in [-0.3, -0.25) is 4.79 Å². The van der Waals surface area contributed by atoms with E-state index < -0.39 is 0 Å². The maximum Gasteiger partial charge on any atom is 0.282 e. The van der Waals surface area contributed by atoms with Gasteiger partial charge in [0.25, 0.3) is 5.56 Å². The topological polar surface area (TPSA) is 65.7 Å². The molecule has 0 saturated heterocycles. The Labute approximate surface area is 227 Å². The summed E-state index contributed by atoms with van der Waals surface area (Å²) in [6, 6.07) is 19.2. The van der Waals surface area contributed by atoms with Crippen LogP contribution in [0.5, 0.6) is 11.5 Å². The molecule has 186 valence electrons. The summed E-state index contributed by atoms with van der Waals surface area (Å²) in [6.45, 7) is 6.94. The molecule has 0 bridgehead atoms. The lowest BCUT2D eigenvalue weighted by Crippen LogP contribution is -2.23. The van der Waals surface area contributed by atoms with E-state index in [-0.39, 0.29) is 11.5 Å². The molecule has 4 aromatic rings. The van der Waals surface area contributed by atoms with Crippen LogP contribution in [0.15, 0.2) is 79.5 Å². The first-order valence-electron chi connectivity index (χ1n) is 11.8. The first kappa shape index (κ1) is 26.1. The minimum absolute atomic E-state index is 0.0547. The van der Waals surface area contributed by atoms with E-state index in [4.69, 9.17) is 14.5 Å². The summed E-state index contributed by atoms with van der Waals surface area (Å²) in [5.74, 6) is 1.91. The minimum Gasteiger partial charge on any atom is -0.490 e. The van der Waals surface area contributed by atoms with Crippen LogP contribution in [0, 0.1) is 0 Å². The van der Waals surface area contributed by atoms with Crippen molar-refractivity contribution in [3.63, 3.8) is 0 Å². The van der Waals surface area contributed by atoms with Crippen LogP contribution < -0.4 is 15.0 Å². The molecule has 0 radical (unpaired) electrons. The number of benzene rings is 3. The van der Waals surface area contributed by atoms with Crippen molar-refractivity contribution in [2.75, 3.05) is 6.61 Å². The van der Waals surface area contributed by atoms with Crippen LogP contribution >= 0.6 is 31.9 Å². The molecular weight excluding hydrogens is 586 g/mol. The van der Waals surface area contributed by atoms with Crippen molar-refractivity contribution >= 4 is 49.0 Å². The Bertz CT molecular complexity index is 1450. The summed E-state index contributed by atoms with van der Waals surface area (Å²) < 4.78 is 14.9. The lowest BCUT2D eigenvalue weighted by atomic mass is 10.1. The van der Waals surface area contributed by atoms with Crippen LogP contribution in [0.25, 0.3) is 10.9 Å². The summed E-state index contributed by atoms with van der Waals surface area (Å²) in [5, 5.41) is 5.09. The van der Waals surface area contributed by atoms with Crippen molar-refractivity contribution < 1.29 is 9.47 Å². The predicted octanol–water partition coefficient (Wildman–Crippen LogP) is 7.29. The van der Waals surface area contributed by atoms with Gasteiger partial charge in [-0.1, -0.05) is 60.1 Å². The summed E-state index contributed by atoms with van der Waals surface area (Å²) in [6.07, 6.45) is 2.47. The van der Waals surface area contributed by atoms with Gasteiger partial charge in [0, 0.05) is 20.4 Å². The third-order valence-corrected chi connectivity index (χ3v) is 6.98. The van der Waals surface area contributed by atoms with Gasteiger partial charge in [0.2, 0.25) is 0 Å². The smallest absolute Gasteiger partial charge is 0.282 e. The molecule has 0 unspecified atom stereocenters. The van der Waals surface area contributed by atoms with Crippen molar-refractivity contribution in [3.05, 3.63) is 96.9 Å². The zero-order valence-corrected chi connectivity index (χ0v) is 23.5. The van der Waals surface area contributed by atoms with Gasteiger partial charge < -0.3 is 9.47 Å². The summed E-state index contributed by atoms with van der Waals surface area (Å²) >= 11 is 7.07. The number of ether oxygens (including phenoxy) is 2. The Morgan fingerprint density at radius 2 is 1.78 bits per heavy atom. The van der Waals surface area contributed by atoms with Crippen molar-refractivity contribution in [1.82, 2.24) is 9.66 Å². The number of rotatable bonds is 9. The van der Waals surface area contributed by atoms with E-state index in [9.17, 15) is 4.79 Å². The van der Waals surface area contributed by atoms with E-state index in [2.05, 4.69) is 43.9 Å². The van der Waals surface area contributed by atoms with Crippen LogP contribution in [0.4, 0.5) is 0 Å². The third-order valence-electron chi connectivity index (χ3n) is 5.80. The van der Waals surface area contributed by atoms with Gasteiger partial charge in [-0.2, -0.15) is 9.78 Å². The molecule has 0 aliphatic heterocycles. The van der Waals surface area contributed by atoms with Gasteiger partial charge in [0.1, 0.15) is 12.4 Å². The molecule has 0 aliphatic rings. The molecule has 1 aromatic heterocycles. The average Bonchev–Trinajstić information content (AvgIpc) is 2.89. The van der Waals surface area contributed by atoms with E-state index in [1.165, 1.54) is 4.68 Å². The summed E-state index contributed by atoms with van der Waals surface area (Å²) in [4.78, 5) is 18.2. The van der Waals surface area contributed by atoms with Gasteiger partial charge in [-0.25, -0.2) is 4.98 Å². The van der Waals surface area contributed by atoms with Crippen molar-refractivity contribution in [3.8, 4) is 11.5 Å². The fourth-order valence-corrected chi connectivity index (χ4v) is 4.45. The number of hydrogen-bond acceptors (Lipinski definition) is 5. The average molecular weight is 613 g/mol. The van der Waals surface area contributed by atoms with Crippen molar-refractivity contribution in [1.29, 1.82) is 0 Å². The van der Waals surface area contributed by atoms with Crippen molar-refractivity contribution in [2.24, 2.45) is 5.10 Å². The zero-order valence-electron chi connectivity index (χ0n) is 20.4. The molecule has 3 aromatic carbocycles. The Morgan fingerprint density at radius 1 is 1.03 bits per heavy atom. The van der Waals surface area contributed by atoms with E-state index >= 15 is 0 Å². The van der Waals surface area contributed by atoms with E-state index in [0.717, 1.165) is 26.5 Å². The molecule has 6 nitrogen and oxygen atoms in total. The number of hydrogen-bond donors (Lipinski definition) is 0. The monoisotopic (exact) mass is 611 g/mol. The molecule has 0 saturated carbocycles. The van der Waals surface area contributed by atoms with Gasteiger partial charge in [0.15, 0.2) is 11.5 Å². The molecule has 0 spiro atoms. The number of halogens is 2. The zero-order chi connectivity index (χ0) is 25.7. The van der Waals surface area contributed by atoms with Gasteiger partial charge in [0.05, 0.1) is 23.7 Å². The SMILES string of the molecule is CCOc1cc(C=Nn2c([C@H](C)CC)nc3ccc(Br)cc3c2=O)c(Br)cc1OCc1ccccc1. The van der Waals surface area contributed by atoms with Gasteiger partial charge in [-0.15, -0.1) is 0 Å². The molecule has 0 fully saturated rings. The van der Waals surface area contributed by atoms with E-state index in [1.54, 1.807) is 12.3 Å². The quantitative estimate of drug-likeness (QED) is 0.186. The highest BCUT2D eigenvalue weighted by atomic mass is 79.9. The third kappa shape index (κ3) is 5.87. The van der Waals surface area contributed by atoms with Gasteiger partial charge in [-0.05, 0) is 65.2 Å². The first-order chi connectivity index (χ1) is 17.4. The molecule has 8 heteroatoms. The van der Waals surface area contributed by atoms with Crippen LogP contribution in [-0.4, -0.2) is 22.5 Å². The maximum absolute atomic E-state index is 13.4. The van der Waals surface area contributed by atoms with E-state index in [0.29, 0.717) is 41.4 Å².